The van der Waals surface area contributed by atoms with Gasteiger partial charge in [0.25, 0.3) is 5.91 Å². The summed E-state index contributed by atoms with van der Waals surface area (Å²) in [5.74, 6) is 1.08. The molecule has 0 aliphatic carbocycles. The van der Waals surface area contributed by atoms with Crippen molar-refractivity contribution in [1.82, 2.24) is 19.9 Å². The zero-order valence-corrected chi connectivity index (χ0v) is 14.0. The number of benzene rings is 1. The van der Waals surface area contributed by atoms with E-state index in [-0.39, 0.29) is 11.9 Å². The van der Waals surface area contributed by atoms with Crippen LogP contribution in [-0.4, -0.2) is 32.3 Å². The van der Waals surface area contributed by atoms with Crippen molar-refractivity contribution in [2.24, 2.45) is 0 Å². The molecule has 6 heteroatoms. The maximum absolute atomic E-state index is 13.2. The quantitative estimate of drug-likeness (QED) is 0.779. The third-order valence-electron chi connectivity index (χ3n) is 4.61. The molecule has 2 N–H and O–H groups in total. The van der Waals surface area contributed by atoms with Crippen molar-refractivity contribution in [1.29, 1.82) is 0 Å². The lowest BCUT2D eigenvalue weighted by atomic mass is 10.1. The van der Waals surface area contributed by atoms with Crippen LogP contribution in [0.5, 0.6) is 0 Å². The Balaban J connectivity index is 1.73. The summed E-state index contributed by atoms with van der Waals surface area (Å²) < 4.78 is 0. The SMILES string of the molecule is Cc1nc(N)cc([C@H]2CCCN2C(=O)c2cccc3ncccc23)n1. The third-order valence-corrected chi connectivity index (χ3v) is 4.61. The fraction of sp³-hybridized carbons (Fsp3) is 0.263. The van der Waals surface area contributed by atoms with E-state index in [2.05, 4.69) is 15.0 Å². The first kappa shape index (κ1) is 15.5. The van der Waals surface area contributed by atoms with Crippen LogP contribution in [0.1, 0.15) is 40.8 Å². The van der Waals surface area contributed by atoms with Crippen LogP contribution in [0, 0.1) is 6.92 Å². The first-order chi connectivity index (χ1) is 12.1. The van der Waals surface area contributed by atoms with E-state index >= 15 is 0 Å². The Morgan fingerprint density at radius 3 is 2.96 bits per heavy atom. The van der Waals surface area contributed by atoms with Crippen LogP contribution in [0.2, 0.25) is 0 Å². The predicted octanol–water partition coefficient (Wildman–Crippen LogP) is 2.89. The van der Waals surface area contributed by atoms with E-state index in [1.807, 2.05) is 42.2 Å². The normalized spacial score (nSPS) is 17.2. The average Bonchev–Trinajstić information content (AvgIpc) is 3.09. The first-order valence-corrected chi connectivity index (χ1v) is 8.39. The molecule has 0 unspecified atom stereocenters. The van der Waals surface area contributed by atoms with Gasteiger partial charge in [0.05, 0.1) is 17.3 Å². The number of amides is 1. The van der Waals surface area contributed by atoms with Crippen LogP contribution in [0.3, 0.4) is 0 Å². The molecule has 1 fully saturated rings. The van der Waals surface area contributed by atoms with Gasteiger partial charge in [0.15, 0.2) is 0 Å². The number of hydrogen-bond donors (Lipinski definition) is 1. The molecule has 1 amide bonds. The molecule has 4 rings (SSSR count). The Morgan fingerprint density at radius 1 is 1.24 bits per heavy atom. The van der Waals surface area contributed by atoms with Crippen molar-refractivity contribution in [3.63, 3.8) is 0 Å². The minimum absolute atomic E-state index is 0.0101. The van der Waals surface area contributed by atoms with Gasteiger partial charge in [-0.15, -0.1) is 0 Å². The Labute approximate surface area is 145 Å². The lowest BCUT2D eigenvalue weighted by Crippen LogP contribution is -2.31. The fourth-order valence-corrected chi connectivity index (χ4v) is 3.55. The maximum Gasteiger partial charge on any atom is 0.255 e. The molecule has 0 bridgehead atoms. The number of rotatable bonds is 2. The van der Waals surface area contributed by atoms with E-state index < -0.39 is 0 Å². The summed E-state index contributed by atoms with van der Waals surface area (Å²) in [6.45, 7) is 2.53. The molecule has 3 aromatic rings. The fourth-order valence-electron chi connectivity index (χ4n) is 3.55. The molecule has 0 saturated carbocycles. The van der Waals surface area contributed by atoms with Crippen molar-refractivity contribution >= 4 is 22.6 Å². The highest BCUT2D eigenvalue weighted by atomic mass is 16.2. The molecule has 25 heavy (non-hydrogen) atoms. The second-order valence-corrected chi connectivity index (χ2v) is 6.30. The molecule has 2 aromatic heterocycles. The van der Waals surface area contributed by atoms with Gasteiger partial charge in [-0.2, -0.15) is 0 Å². The topological polar surface area (TPSA) is 85.0 Å². The predicted molar refractivity (Wildman–Crippen MR) is 95.9 cm³/mol. The number of nitrogens with zero attached hydrogens (tertiary/aromatic N) is 4. The number of aryl methyl sites for hydroxylation is 1. The lowest BCUT2D eigenvalue weighted by Gasteiger charge is -2.25. The van der Waals surface area contributed by atoms with Crippen LogP contribution in [0.15, 0.2) is 42.6 Å². The van der Waals surface area contributed by atoms with Crippen LogP contribution >= 0.6 is 0 Å². The number of anilines is 1. The number of nitrogen functional groups attached to an aromatic ring is 1. The van der Waals surface area contributed by atoms with Gasteiger partial charge in [-0.25, -0.2) is 9.97 Å². The smallest absolute Gasteiger partial charge is 0.255 e. The van der Waals surface area contributed by atoms with E-state index in [0.29, 0.717) is 23.8 Å². The van der Waals surface area contributed by atoms with Crippen molar-refractivity contribution < 1.29 is 4.79 Å². The summed E-state index contributed by atoms with van der Waals surface area (Å²) in [6.07, 6.45) is 3.56. The summed E-state index contributed by atoms with van der Waals surface area (Å²) in [6, 6.07) is 11.2. The molecular formula is C19H19N5O. The van der Waals surface area contributed by atoms with Crippen LogP contribution < -0.4 is 5.73 Å². The molecular weight excluding hydrogens is 314 g/mol. The Morgan fingerprint density at radius 2 is 2.12 bits per heavy atom. The second kappa shape index (κ2) is 6.12. The summed E-state index contributed by atoms with van der Waals surface area (Å²) >= 11 is 0. The standard InChI is InChI=1S/C19H19N5O/c1-12-22-16(11-18(20)23-12)17-8-4-10-24(17)19(25)14-5-2-7-15-13(14)6-3-9-21-15/h2-3,5-7,9,11,17H,4,8,10H2,1H3,(H2,20,22,23)/t17-/m1/s1. The van der Waals surface area contributed by atoms with Crippen molar-refractivity contribution in [3.05, 3.63) is 59.7 Å². The summed E-state index contributed by atoms with van der Waals surface area (Å²) in [5.41, 5.74) is 8.19. The lowest BCUT2D eigenvalue weighted by molar-refractivity contribution is 0.0734. The molecule has 6 nitrogen and oxygen atoms in total. The molecule has 0 radical (unpaired) electrons. The Bertz CT molecular complexity index is 930. The molecule has 1 saturated heterocycles. The van der Waals surface area contributed by atoms with Crippen LogP contribution in [-0.2, 0) is 0 Å². The van der Waals surface area contributed by atoms with Gasteiger partial charge in [-0.05, 0) is 38.0 Å². The average molecular weight is 333 g/mol. The minimum atomic E-state index is -0.0663. The Kier molecular flexibility index (Phi) is 3.80. The van der Waals surface area contributed by atoms with Crippen LogP contribution in [0.25, 0.3) is 10.9 Å². The second-order valence-electron chi connectivity index (χ2n) is 6.30. The maximum atomic E-state index is 13.2. The van der Waals surface area contributed by atoms with Gasteiger partial charge in [0.2, 0.25) is 0 Å². The van der Waals surface area contributed by atoms with Gasteiger partial charge in [-0.3, -0.25) is 9.78 Å². The molecule has 1 aliphatic heterocycles. The third kappa shape index (κ3) is 2.80. The van der Waals surface area contributed by atoms with Gasteiger partial charge in [0.1, 0.15) is 11.6 Å². The number of nitrogens with two attached hydrogens (primary N) is 1. The van der Waals surface area contributed by atoms with Crippen LogP contribution in [0.4, 0.5) is 5.82 Å². The zero-order valence-electron chi connectivity index (χ0n) is 14.0. The number of hydrogen-bond acceptors (Lipinski definition) is 5. The number of carbonyl (C=O) groups is 1. The van der Waals surface area contributed by atoms with E-state index in [9.17, 15) is 4.79 Å². The van der Waals surface area contributed by atoms with Crippen molar-refractivity contribution in [2.75, 3.05) is 12.3 Å². The van der Waals surface area contributed by atoms with E-state index in [4.69, 9.17) is 5.73 Å². The molecule has 3 heterocycles. The molecule has 1 aromatic carbocycles. The summed E-state index contributed by atoms with van der Waals surface area (Å²) in [7, 11) is 0. The highest BCUT2D eigenvalue weighted by Crippen LogP contribution is 2.33. The summed E-state index contributed by atoms with van der Waals surface area (Å²) in [4.78, 5) is 28.1. The van der Waals surface area contributed by atoms with E-state index in [0.717, 1.165) is 29.4 Å². The number of carbonyl (C=O) groups excluding carboxylic acids is 1. The monoisotopic (exact) mass is 333 g/mol. The Hall–Kier alpha value is -3.02. The molecule has 0 spiro atoms. The number of aromatic nitrogens is 3. The van der Waals surface area contributed by atoms with Gasteiger partial charge >= 0.3 is 0 Å². The summed E-state index contributed by atoms with van der Waals surface area (Å²) in [5, 5.41) is 0.874. The van der Waals surface area contributed by atoms with Crippen molar-refractivity contribution in [2.45, 2.75) is 25.8 Å². The minimum Gasteiger partial charge on any atom is -0.384 e. The molecule has 1 aliphatic rings. The van der Waals surface area contributed by atoms with Gasteiger partial charge in [0, 0.05) is 29.8 Å². The molecule has 126 valence electrons. The van der Waals surface area contributed by atoms with Crippen molar-refractivity contribution in [3.8, 4) is 0 Å². The van der Waals surface area contributed by atoms with Gasteiger partial charge < -0.3 is 10.6 Å². The van der Waals surface area contributed by atoms with Gasteiger partial charge in [-0.1, -0.05) is 12.1 Å². The number of pyridine rings is 1. The zero-order chi connectivity index (χ0) is 17.4. The highest BCUT2D eigenvalue weighted by molar-refractivity contribution is 6.06. The van der Waals surface area contributed by atoms with E-state index in [1.165, 1.54) is 0 Å². The van der Waals surface area contributed by atoms with E-state index in [1.54, 1.807) is 12.3 Å². The molecule has 1 atom stereocenters. The highest BCUT2D eigenvalue weighted by Gasteiger charge is 2.32. The largest absolute Gasteiger partial charge is 0.384 e. The number of likely N-dealkylation sites (tertiary alicyclic amines) is 1. The first-order valence-electron chi connectivity index (χ1n) is 8.39. The number of fused-ring (bicyclic) bond motifs is 1.